The Morgan fingerprint density at radius 2 is 2.15 bits per heavy atom. The van der Waals surface area contributed by atoms with Crippen molar-refractivity contribution in [1.82, 2.24) is 0 Å². The molecule has 2 aromatic rings. The number of rotatable bonds is 5. The van der Waals surface area contributed by atoms with Gasteiger partial charge in [-0.25, -0.2) is 4.79 Å². The van der Waals surface area contributed by atoms with Gasteiger partial charge in [0.15, 0.2) is 5.60 Å². The minimum atomic E-state index is -2.03. The Balaban J connectivity index is 1.79. The van der Waals surface area contributed by atoms with E-state index in [1.807, 2.05) is 18.2 Å². The fourth-order valence-corrected chi connectivity index (χ4v) is 4.06. The lowest BCUT2D eigenvalue weighted by atomic mass is 9.86. The van der Waals surface area contributed by atoms with Gasteiger partial charge in [-0.15, -0.1) is 11.3 Å². The molecule has 3 atom stereocenters. The quantitative estimate of drug-likeness (QED) is 0.669. The average Bonchev–Trinajstić information content (AvgIpc) is 2.99. The Labute approximate surface area is 159 Å². The Bertz CT molecular complexity index is 847. The van der Waals surface area contributed by atoms with E-state index in [1.54, 1.807) is 13.0 Å². The van der Waals surface area contributed by atoms with Gasteiger partial charge in [-0.3, -0.25) is 0 Å². The predicted octanol–water partition coefficient (Wildman–Crippen LogP) is 2.37. The SMILES string of the molecule is CCOC(=O)[C@]1(O)C=C(OCc2cc3ccc(Cl)cc3s2)[C@@H](O)[C@H](O)C1. The van der Waals surface area contributed by atoms with Crippen LogP contribution in [0.5, 0.6) is 0 Å². The summed E-state index contributed by atoms with van der Waals surface area (Å²) in [5.74, 6) is -0.946. The van der Waals surface area contributed by atoms with Gasteiger partial charge in [0, 0.05) is 21.0 Å². The van der Waals surface area contributed by atoms with Gasteiger partial charge in [0.05, 0.1) is 12.7 Å². The Kier molecular flexibility index (Phi) is 5.55. The van der Waals surface area contributed by atoms with Crippen LogP contribution in [0.4, 0.5) is 0 Å². The number of hydrogen-bond donors (Lipinski definition) is 3. The molecule has 3 rings (SSSR count). The van der Waals surface area contributed by atoms with Gasteiger partial charge < -0.3 is 24.8 Å². The summed E-state index contributed by atoms with van der Waals surface area (Å²) >= 11 is 7.46. The number of esters is 1. The van der Waals surface area contributed by atoms with Gasteiger partial charge in [-0.05, 0) is 36.6 Å². The molecule has 0 bridgehead atoms. The van der Waals surface area contributed by atoms with Crippen LogP contribution in [-0.2, 0) is 20.9 Å². The zero-order chi connectivity index (χ0) is 18.9. The lowest BCUT2D eigenvalue weighted by Gasteiger charge is -2.33. The molecule has 0 aliphatic heterocycles. The number of thiophene rings is 1. The number of hydrogen-bond acceptors (Lipinski definition) is 7. The first-order chi connectivity index (χ1) is 12.3. The van der Waals surface area contributed by atoms with E-state index in [9.17, 15) is 20.1 Å². The first-order valence-electron chi connectivity index (χ1n) is 8.11. The predicted molar refractivity (Wildman–Crippen MR) is 97.9 cm³/mol. The van der Waals surface area contributed by atoms with Crippen molar-refractivity contribution in [2.45, 2.75) is 37.8 Å². The second-order valence-corrected chi connectivity index (χ2v) is 7.70. The second kappa shape index (κ2) is 7.54. The molecule has 1 heterocycles. The maximum absolute atomic E-state index is 12.0. The molecule has 0 unspecified atom stereocenters. The third-order valence-electron chi connectivity index (χ3n) is 4.10. The Morgan fingerprint density at radius 1 is 1.38 bits per heavy atom. The first-order valence-corrected chi connectivity index (χ1v) is 9.31. The number of carbonyl (C=O) groups is 1. The molecule has 1 aromatic heterocycles. The number of aliphatic hydroxyl groups excluding tert-OH is 2. The number of aliphatic hydroxyl groups is 3. The lowest BCUT2D eigenvalue weighted by molar-refractivity contribution is -0.166. The van der Waals surface area contributed by atoms with Crippen LogP contribution >= 0.6 is 22.9 Å². The van der Waals surface area contributed by atoms with E-state index < -0.39 is 23.8 Å². The third-order valence-corrected chi connectivity index (χ3v) is 5.41. The fourth-order valence-electron chi connectivity index (χ4n) is 2.81. The third kappa shape index (κ3) is 3.87. The second-order valence-electron chi connectivity index (χ2n) is 6.09. The van der Waals surface area contributed by atoms with Gasteiger partial charge in [0.25, 0.3) is 0 Å². The zero-order valence-corrected chi connectivity index (χ0v) is 15.6. The van der Waals surface area contributed by atoms with Gasteiger partial charge in [0.2, 0.25) is 0 Å². The fraction of sp³-hybridized carbons (Fsp3) is 0.389. The van der Waals surface area contributed by atoms with E-state index in [2.05, 4.69) is 0 Å². The van der Waals surface area contributed by atoms with Crippen LogP contribution in [-0.4, -0.2) is 45.7 Å². The molecule has 1 aromatic carbocycles. The summed E-state index contributed by atoms with van der Waals surface area (Å²) in [5, 5.41) is 32.2. The molecule has 1 aliphatic carbocycles. The minimum Gasteiger partial charge on any atom is -0.490 e. The van der Waals surface area contributed by atoms with Gasteiger partial charge in [-0.1, -0.05) is 17.7 Å². The zero-order valence-electron chi connectivity index (χ0n) is 14.0. The molecule has 1 aliphatic rings. The molecule has 0 saturated heterocycles. The monoisotopic (exact) mass is 398 g/mol. The van der Waals surface area contributed by atoms with Gasteiger partial charge in [0.1, 0.15) is 18.5 Å². The maximum atomic E-state index is 12.0. The Hall–Kier alpha value is -1.64. The summed E-state index contributed by atoms with van der Waals surface area (Å²) in [6.07, 6.45) is -1.91. The van der Waals surface area contributed by atoms with Crippen molar-refractivity contribution in [3.05, 3.63) is 46.0 Å². The largest absolute Gasteiger partial charge is 0.490 e. The molecule has 0 fully saturated rings. The van der Waals surface area contributed by atoms with Crippen molar-refractivity contribution in [3.8, 4) is 0 Å². The van der Waals surface area contributed by atoms with Crippen LogP contribution in [0.25, 0.3) is 10.1 Å². The highest BCUT2D eigenvalue weighted by molar-refractivity contribution is 7.19. The topological polar surface area (TPSA) is 96.2 Å². The Morgan fingerprint density at radius 3 is 2.88 bits per heavy atom. The molecular formula is C18H19ClO6S. The van der Waals surface area contributed by atoms with Crippen LogP contribution in [0.3, 0.4) is 0 Å². The van der Waals surface area contributed by atoms with E-state index >= 15 is 0 Å². The van der Waals surface area contributed by atoms with Crippen molar-refractivity contribution in [2.24, 2.45) is 0 Å². The molecule has 0 saturated carbocycles. The first kappa shape index (κ1) is 19.1. The standard InChI is InChI=1S/C18H19ClO6S/c1-2-24-17(22)18(23)7-13(20)16(21)14(8-18)25-9-12-5-10-3-4-11(19)6-15(10)26-12/h3-6,8,13,16,20-21,23H,2,7,9H2,1H3/t13-,16+,18-/m1/s1. The highest BCUT2D eigenvalue weighted by Crippen LogP contribution is 2.32. The van der Waals surface area contributed by atoms with Gasteiger partial charge in [-0.2, -0.15) is 0 Å². The molecule has 0 radical (unpaired) electrons. The molecule has 3 N–H and O–H groups in total. The molecular weight excluding hydrogens is 380 g/mol. The highest BCUT2D eigenvalue weighted by atomic mass is 35.5. The average molecular weight is 399 g/mol. The minimum absolute atomic E-state index is 0.0604. The van der Waals surface area contributed by atoms with E-state index in [1.165, 1.54) is 11.3 Å². The number of carbonyl (C=O) groups excluding carboxylic acids is 1. The number of benzene rings is 1. The molecule has 6 nitrogen and oxygen atoms in total. The van der Waals surface area contributed by atoms with Crippen LogP contribution in [0, 0.1) is 0 Å². The van der Waals surface area contributed by atoms with Crippen LogP contribution < -0.4 is 0 Å². The number of halogens is 1. The summed E-state index contributed by atoms with van der Waals surface area (Å²) < 4.78 is 11.4. The summed E-state index contributed by atoms with van der Waals surface area (Å²) in [5.41, 5.74) is -2.03. The number of ether oxygens (including phenoxy) is 2. The summed E-state index contributed by atoms with van der Waals surface area (Å²) in [6, 6.07) is 7.48. The van der Waals surface area contributed by atoms with Crippen molar-refractivity contribution in [2.75, 3.05) is 6.61 Å². The van der Waals surface area contributed by atoms with E-state index in [0.29, 0.717) is 5.02 Å². The van der Waals surface area contributed by atoms with Crippen LogP contribution in [0.15, 0.2) is 36.1 Å². The van der Waals surface area contributed by atoms with Crippen molar-refractivity contribution >= 4 is 39.0 Å². The summed E-state index contributed by atoms with van der Waals surface area (Å²) in [6.45, 7) is 1.82. The van der Waals surface area contributed by atoms with Crippen LogP contribution in [0.2, 0.25) is 5.02 Å². The molecule has 0 spiro atoms. The number of fused-ring (bicyclic) bond motifs is 1. The normalized spacial score (nSPS) is 25.8. The van der Waals surface area contributed by atoms with E-state index in [-0.39, 0.29) is 25.4 Å². The van der Waals surface area contributed by atoms with E-state index in [0.717, 1.165) is 21.0 Å². The molecule has 26 heavy (non-hydrogen) atoms. The summed E-state index contributed by atoms with van der Waals surface area (Å²) in [7, 11) is 0. The highest BCUT2D eigenvalue weighted by Gasteiger charge is 2.45. The summed E-state index contributed by atoms with van der Waals surface area (Å²) in [4.78, 5) is 12.8. The van der Waals surface area contributed by atoms with Crippen molar-refractivity contribution < 1.29 is 29.6 Å². The maximum Gasteiger partial charge on any atom is 0.342 e. The molecule has 8 heteroatoms. The molecule has 140 valence electrons. The van der Waals surface area contributed by atoms with E-state index in [4.69, 9.17) is 21.1 Å². The molecule has 0 amide bonds. The van der Waals surface area contributed by atoms with Crippen LogP contribution in [0.1, 0.15) is 18.2 Å². The van der Waals surface area contributed by atoms with Gasteiger partial charge >= 0.3 is 5.97 Å². The lowest BCUT2D eigenvalue weighted by Crippen LogP contribution is -2.49. The van der Waals surface area contributed by atoms with Crippen molar-refractivity contribution in [3.63, 3.8) is 0 Å². The smallest absolute Gasteiger partial charge is 0.342 e. The van der Waals surface area contributed by atoms with Crippen molar-refractivity contribution in [1.29, 1.82) is 0 Å².